The minimum atomic E-state index is -0.651. The highest BCUT2D eigenvalue weighted by Gasteiger charge is 2.10. The first kappa shape index (κ1) is 17.2. The molecular weight excluding hydrogens is 351 g/mol. The molecule has 0 unspecified atom stereocenters. The van der Waals surface area contributed by atoms with Crippen LogP contribution in [0.4, 0.5) is 4.39 Å². The van der Waals surface area contributed by atoms with Gasteiger partial charge in [-0.1, -0.05) is 11.6 Å². The third-order valence-corrected chi connectivity index (χ3v) is 3.39. The molecule has 130 valence electrons. The number of aromatic nitrogens is 5. The number of rotatable bonds is 6. The molecule has 1 aromatic carbocycles. The summed E-state index contributed by atoms with van der Waals surface area (Å²) in [6, 6.07) is 7.33. The lowest BCUT2D eigenvalue weighted by Gasteiger charge is -2.06. The molecule has 0 fully saturated rings. The van der Waals surface area contributed by atoms with E-state index < -0.39 is 11.9 Å². The Bertz CT molecular complexity index is 857. The van der Waals surface area contributed by atoms with Gasteiger partial charge in [0.1, 0.15) is 5.75 Å². The number of nitrogens with zero attached hydrogens (tertiary/aromatic N) is 5. The van der Waals surface area contributed by atoms with Crippen molar-refractivity contribution in [2.75, 3.05) is 6.61 Å². The molecule has 1 atom stereocenters. The third kappa shape index (κ3) is 4.27. The van der Waals surface area contributed by atoms with Gasteiger partial charge >= 0.3 is 0 Å². The molecule has 0 spiro atoms. The predicted octanol–water partition coefficient (Wildman–Crippen LogP) is 1.64. The third-order valence-electron chi connectivity index (χ3n) is 3.19. The standard InChI is InChI=1S/C15H14ClFN6O2/c16-10-5-13(17)15(19-6-10)25-12-3-1-9(2-4-12)14-20-22-23(21-14)7-11(18)8-24/h1-6,11,24H,7-8,18H2/t11-/m1/s1. The van der Waals surface area contributed by atoms with Crippen molar-refractivity contribution in [2.24, 2.45) is 5.73 Å². The number of ether oxygens (including phenoxy) is 1. The van der Waals surface area contributed by atoms with Crippen molar-refractivity contribution in [1.82, 2.24) is 25.2 Å². The largest absolute Gasteiger partial charge is 0.436 e. The summed E-state index contributed by atoms with van der Waals surface area (Å²) in [5.74, 6) is -0.0275. The van der Waals surface area contributed by atoms with Gasteiger partial charge in [-0.05, 0) is 35.5 Å². The average Bonchev–Trinajstić information content (AvgIpc) is 3.06. The van der Waals surface area contributed by atoms with Crippen LogP contribution in [0, 0.1) is 5.82 Å². The van der Waals surface area contributed by atoms with Gasteiger partial charge in [0.05, 0.1) is 18.2 Å². The fourth-order valence-electron chi connectivity index (χ4n) is 1.96. The number of nitrogens with two attached hydrogens (primary N) is 1. The van der Waals surface area contributed by atoms with Crippen LogP contribution in [0.5, 0.6) is 11.6 Å². The van der Waals surface area contributed by atoms with E-state index in [0.717, 1.165) is 6.07 Å². The fraction of sp³-hybridized carbons (Fsp3) is 0.200. The molecule has 3 aromatic rings. The Morgan fingerprint density at radius 3 is 2.76 bits per heavy atom. The van der Waals surface area contributed by atoms with Crippen molar-refractivity contribution in [1.29, 1.82) is 0 Å². The van der Waals surface area contributed by atoms with Gasteiger partial charge in [0, 0.05) is 17.8 Å². The van der Waals surface area contributed by atoms with Crippen LogP contribution >= 0.6 is 11.6 Å². The summed E-state index contributed by atoms with van der Waals surface area (Å²) in [4.78, 5) is 5.11. The van der Waals surface area contributed by atoms with Crippen LogP contribution in [0.1, 0.15) is 0 Å². The Labute approximate surface area is 147 Å². The van der Waals surface area contributed by atoms with Crippen molar-refractivity contribution < 1.29 is 14.2 Å². The zero-order valence-electron chi connectivity index (χ0n) is 12.9. The molecule has 2 aromatic heterocycles. The quantitative estimate of drug-likeness (QED) is 0.683. The van der Waals surface area contributed by atoms with E-state index in [1.165, 1.54) is 11.0 Å². The van der Waals surface area contributed by atoms with Gasteiger partial charge in [0.15, 0.2) is 5.82 Å². The van der Waals surface area contributed by atoms with Crippen LogP contribution in [-0.4, -0.2) is 42.9 Å². The fourth-order valence-corrected chi connectivity index (χ4v) is 2.11. The van der Waals surface area contributed by atoms with Crippen LogP contribution in [0.25, 0.3) is 11.4 Å². The topological polar surface area (TPSA) is 112 Å². The molecule has 3 rings (SSSR count). The molecule has 3 N–H and O–H groups in total. The van der Waals surface area contributed by atoms with E-state index >= 15 is 0 Å². The number of aliphatic hydroxyl groups excluding tert-OH is 1. The van der Waals surface area contributed by atoms with Crippen LogP contribution in [0.2, 0.25) is 5.02 Å². The molecule has 0 aliphatic carbocycles. The smallest absolute Gasteiger partial charge is 0.255 e. The number of benzene rings is 1. The van der Waals surface area contributed by atoms with Crippen molar-refractivity contribution in [3.05, 3.63) is 47.4 Å². The van der Waals surface area contributed by atoms with E-state index in [1.807, 2.05) is 0 Å². The maximum atomic E-state index is 13.7. The highest BCUT2D eigenvalue weighted by atomic mass is 35.5. The number of tetrazole rings is 1. The first-order valence-corrected chi connectivity index (χ1v) is 7.66. The molecular formula is C15H14ClFN6O2. The Kier molecular flexibility index (Phi) is 5.17. The van der Waals surface area contributed by atoms with Gasteiger partial charge in [-0.15, -0.1) is 10.2 Å². The van der Waals surface area contributed by atoms with Gasteiger partial charge < -0.3 is 15.6 Å². The Balaban J connectivity index is 1.72. The summed E-state index contributed by atoms with van der Waals surface area (Å²) in [5.41, 5.74) is 6.32. The second kappa shape index (κ2) is 7.51. The Morgan fingerprint density at radius 2 is 2.08 bits per heavy atom. The first-order chi connectivity index (χ1) is 12.0. The second-order valence-electron chi connectivity index (χ2n) is 5.18. The average molecular weight is 365 g/mol. The maximum Gasteiger partial charge on any atom is 0.255 e. The summed E-state index contributed by atoms with van der Waals surface area (Å²) in [7, 11) is 0. The number of pyridine rings is 1. The molecule has 0 saturated heterocycles. The molecule has 10 heteroatoms. The van der Waals surface area contributed by atoms with Crippen molar-refractivity contribution >= 4 is 11.6 Å². The molecule has 0 bridgehead atoms. The first-order valence-electron chi connectivity index (χ1n) is 7.28. The number of hydrogen-bond acceptors (Lipinski definition) is 7. The van der Waals surface area contributed by atoms with Crippen molar-refractivity contribution in [3.63, 3.8) is 0 Å². The van der Waals surface area contributed by atoms with Crippen LogP contribution in [0.3, 0.4) is 0 Å². The summed E-state index contributed by atoms with van der Waals surface area (Å²) in [5, 5.41) is 21.1. The monoisotopic (exact) mass is 364 g/mol. The predicted molar refractivity (Wildman–Crippen MR) is 87.6 cm³/mol. The lowest BCUT2D eigenvalue weighted by molar-refractivity contribution is 0.245. The summed E-state index contributed by atoms with van der Waals surface area (Å²) in [6.45, 7) is 0.0877. The second-order valence-corrected chi connectivity index (χ2v) is 5.61. The minimum absolute atomic E-state index is 0.167. The van der Waals surface area contributed by atoms with E-state index in [9.17, 15) is 4.39 Å². The minimum Gasteiger partial charge on any atom is -0.436 e. The lowest BCUT2D eigenvalue weighted by atomic mass is 10.2. The van der Waals surface area contributed by atoms with E-state index in [1.54, 1.807) is 24.3 Å². The van der Waals surface area contributed by atoms with E-state index in [-0.39, 0.29) is 24.1 Å². The normalized spacial score (nSPS) is 12.2. The molecule has 0 radical (unpaired) electrons. The lowest BCUT2D eigenvalue weighted by Crippen LogP contribution is -2.30. The zero-order chi connectivity index (χ0) is 17.8. The molecule has 0 amide bonds. The highest BCUT2D eigenvalue weighted by molar-refractivity contribution is 6.30. The van der Waals surface area contributed by atoms with Gasteiger partial charge in [0.2, 0.25) is 5.82 Å². The van der Waals surface area contributed by atoms with Crippen LogP contribution < -0.4 is 10.5 Å². The zero-order valence-corrected chi connectivity index (χ0v) is 13.6. The molecule has 8 nitrogen and oxygen atoms in total. The Morgan fingerprint density at radius 1 is 1.32 bits per heavy atom. The maximum absolute atomic E-state index is 13.7. The number of halogens is 2. The van der Waals surface area contributed by atoms with Gasteiger partial charge in [-0.3, -0.25) is 0 Å². The van der Waals surface area contributed by atoms with Gasteiger partial charge in [0.25, 0.3) is 5.88 Å². The highest BCUT2D eigenvalue weighted by Crippen LogP contribution is 2.25. The summed E-state index contributed by atoms with van der Waals surface area (Å²) in [6.07, 6.45) is 1.30. The van der Waals surface area contributed by atoms with E-state index in [2.05, 4.69) is 20.4 Å². The van der Waals surface area contributed by atoms with Crippen LogP contribution in [-0.2, 0) is 6.54 Å². The van der Waals surface area contributed by atoms with Gasteiger partial charge in [-0.2, -0.15) is 4.80 Å². The molecule has 0 aliphatic rings. The number of hydrogen-bond donors (Lipinski definition) is 2. The SMILES string of the molecule is N[C@@H](CO)Cn1nnc(-c2ccc(Oc3ncc(Cl)cc3F)cc2)n1. The Hall–Kier alpha value is -2.62. The number of aliphatic hydroxyl groups is 1. The molecule has 25 heavy (non-hydrogen) atoms. The molecule has 2 heterocycles. The van der Waals surface area contributed by atoms with E-state index in [4.69, 9.17) is 27.2 Å². The van der Waals surface area contributed by atoms with Crippen molar-refractivity contribution in [2.45, 2.75) is 12.6 Å². The molecule has 0 saturated carbocycles. The van der Waals surface area contributed by atoms with E-state index in [0.29, 0.717) is 17.1 Å². The summed E-state index contributed by atoms with van der Waals surface area (Å²) < 4.78 is 19.1. The summed E-state index contributed by atoms with van der Waals surface area (Å²) >= 11 is 5.65. The molecule has 0 aliphatic heterocycles. The van der Waals surface area contributed by atoms with Crippen molar-refractivity contribution in [3.8, 4) is 23.0 Å². The van der Waals surface area contributed by atoms with Gasteiger partial charge in [-0.25, -0.2) is 9.37 Å². The van der Waals surface area contributed by atoms with Crippen LogP contribution in [0.15, 0.2) is 36.5 Å².